The summed E-state index contributed by atoms with van der Waals surface area (Å²) >= 11 is 9.64. The van der Waals surface area contributed by atoms with E-state index >= 15 is 0 Å². The standard InChI is InChI=1S/C14H21BrClNO/c1-3-4-6-17-7-5-8-18-14-12(15)9-11(2)10-13(14)16/h9-10,17H,3-8H2,1-2H3/p+1. The molecule has 0 fully saturated rings. The quantitative estimate of drug-likeness (QED) is 0.722. The number of hydrogen-bond acceptors (Lipinski definition) is 1. The van der Waals surface area contributed by atoms with Gasteiger partial charge in [0.2, 0.25) is 0 Å². The van der Waals surface area contributed by atoms with Gasteiger partial charge in [0, 0.05) is 6.42 Å². The van der Waals surface area contributed by atoms with Crippen LogP contribution >= 0.6 is 27.5 Å². The van der Waals surface area contributed by atoms with Crippen molar-refractivity contribution in [3.8, 4) is 5.75 Å². The van der Waals surface area contributed by atoms with Crippen LogP contribution in [-0.2, 0) is 0 Å². The van der Waals surface area contributed by atoms with Crippen molar-refractivity contribution in [2.24, 2.45) is 0 Å². The van der Waals surface area contributed by atoms with Gasteiger partial charge in [-0.05, 0) is 47.0 Å². The predicted molar refractivity (Wildman–Crippen MR) is 80.6 cm³/mol. The number of benzene rings is 1. The monoisotopic (exact) mass is 334 g/mol. The molecule has 0 bridgehead atoms. The van der Waals surface area contributed by atoms with Gasteiger partial charge < -0.3 is 10.1 Å². The average Bonchev–Trinajstić information content (AvgIpc) is 2.30. The van der Waals surface area contributed by atoms with E-state index in [-0.39, 0.29) is 0 Å². The third-order valence-corrected chi connectivity index (χ3v) is 3.57. The van der Waals surface area contributed by atoms with Crippen molar-refractivity contribution in [2.45, 2.75) is 33.1 Å². The number of aryl methyl sites for hydroxylation is 1. The summed E-state index contributed by atoms with van der Waals surface area (Å²) in [5, 5.41) is 3.02. The van der Waals surface area contributed by atoms with Crippen molar-refractivity contribution >= 4 is 27.5 Å². The van der Waals surface area contributed by atoms with Gasteiger partial charge in [-0.1, -0.05) is 24.9 Å². The van der Waals surface area contributed by atoms with Crippen LogP contribution in [0.3, 0.4) is 0 Å². The number of nitrogens with two attached hydrogens (primary N) is 1. The largest absolute Gasteiger partial charge is 0.491 e. The second-order valence-electron chi connectivity index (χ2n) is 4.48. The van der Waals surface area contributed by atoms with Gasteiger partial charge >= 0.3 is 0 Å². The molecule has 0 radical (unpaired) electrons. The molecule has 0 saturated carbocycles. The molecule has 0 spiro atoms. The van der Waals surface area contributed by atoms with E-state index in [4.69, 9.17) is 16.3 Å². The van der Waals surface area contributed by atoms with Gasteiger partial charge in [0.05, 0.1) is 29.2 Å². The van der Waals surface area contributed by atoms with Gasteiger partial charge in [0.15, 0.2) is 5.75 Å². The van der Waals surface area contributed by atoms with Crippen LogP contribution in [0.25, 0.3) is 0 Å². The summed E-state index contributed by atoms with van der Waals surface area (Å²) in [6.07, 6.45) is 3.59. The molecule has 0 amide bonds. The summed E-state index contributed by atoms with van der Waals surface area (Å²) in [4.78, 5) is 0. The van der Waals surface area contributed by atoms with Gasteiger partial charge in [-0.3, -0.25) is 0 Å². The van der Waals surface area contributed by atoms with E-state index < -0.39 is 0 Å². The Morgan fingerprint density at radius 2 is 2.00 bits per heavy atom. The van der Waals surface area contributed by atoms with Gasteiger partial charge in [0.25, 0.3) is 0 Å². The van der Waals surface area contributed by atoms with Crippen molar-refractivity contribution in [3.05, 3.63) is 27.2 Å². The van der Waals surface area contributed by atoms with Crippen molar-refractivity contribution in [3.63, 3.8) is 0 Å². The molecule has 0 saturated heterocycles. The van der Waals surface area contributed by atoms with Crippen molar-refractivity contribution in [1.82, 2.24) is 0 Å². The molecule has 0 aromatic heterocycles. The summed E-state index contributed by atoms with van der Waals surface area (Å²) in [6.45, 7) is 7.27. The maximum atomic E-state index is 6.15. The average molecular weight is 336 g/mol. The van der Waals surface area contributed by atoms with Crippen molar-refractivity contribution < 1.29 is 10.1 Å². The molecule has 1 rings (SSSR count). The van der Waals surface area contributed by atoms with Crippen molar-refractivity contribution in [1.29, 1.82) is 0 Å². The molecule has 0 unspecified atom stereocenters. The second kappa shape index (κ2) is 8.78. The van der Waals surface area contributed by atoms with Crippen LogP contribution in [0.4, 0.5) is 0 Å². The molecule has 18 heavy (non-hydrogen) atoms. The molecule has 102 valence electrons. The first-order chi connectivity index (χ1) is 8.65. The first-order valence-electron chi connectivity index (χ1n) is 6.55. The number of halogens is 2. The van der Waals surface area contributed by atoms with E-state index in [9.17, 15) is 0 Å². The van der Waals surface area contributed by atoms with Gasteiger partial charge in [-0.2, -0.15) is 0 Å². The molecule has 0 atom stereocenters. The highest BCUT2D eigenvalue weighted by Gasteiger charge is 2.07. The fraction of sp³-hybridized carbons (Fsp3) is 0.571. The number of hydrogen-bond donors (Lipinski definition) is 1. The Bertz CT molecular complexity index is 348. The minimum Gasteiger partial charge on any atom is -0.491 e. The Kier molecular flexibility index (Phi) is 7.71. The fourth-order valence-corrected chi connectivity index (χ4v) is 2.85. The normalized spacial score (nSPS) is 10.7. The first kappa shape index (κ1) is 15.8. The molecule has 0 aliphatic rings. The van der Waals surface area contributed by atoms with E-state index in [0.717, 1.165) is 28.8 Å². The minimum absolute atomic E-state index is 0.678. The number of unbranched alkanes of at least 4 members (excludes halogenated alkanes) is 1. The Morgan fingerprint density at radius 3 is 2.67 bits per heavy atom. The lowest BCUT2D eigenvalue weighted by atomic mass is 10.2. The van der Waals surface area contributed by atoms with Crippen LogP contribution in [0.1, 0.15) is 31.7 Å². The molecule has 0 heterocycles. The Labute approximate surface area is 123 Å². The summed E-state index contributed by atoms with van der Waals surface area (Å²) < 4.78 is 6.66. The van der Waals surface area contributed by atoms with Crippen LogP contribution in [0.5, 0.6) is 5.75 Å². The highest BCUT2D eigenvalue weighted by atomic mass is 79.9. The molecule has 0 aliphatic heterocycles. The topological polar surface area (TPSA) is 25.8 Å². The maximum Gasteiger partial charge on any atom is 0.152 e. The zero-order valence-electron chi connectivity index (χ0n) is 11.1. The van der Waals surface area contributed by atoms with Crippen LogP contribution in [0.2, 0.25) is 5.02 Å². The second-order valence-corrected chi connectivity index (χ2v) is 5.74. The Hall–Kier alpha value is -0.250. The van der Waals surface area contributed by atoms with Crippen molar-refractivity contribution in [2.75, 3.05) is 19.7 Å². The highest BCUT2D eigenvalue weighted by Crippen LogP contribution is 2.34. The van der Waals surface area contributed by atoms with Crippen LogP contribution < -0.4 is 10.1 Å². The van der Waals surface area contributed by atoms with Crippen LogP contribution in [0.15, 0.2) is 16.6 Å². The van der Waals surface area contributed by atoms with E-state index in [1.54, 1.807) is 0 Å². The Balaban J connectivity index is 2.27. The lowest BCUT2D eigenvalue weighted by molar-refractivity contribution is -0.655. The van der Waals surface area contributed by atoms with Gasteiger partial charge in [0.1, 0.15) is 0 Å². The zero-order chi connectivity index (χ0) is 13.4. The lowest BCUT2D eigenvalue weighted by Crippen LogP contribution is -2.84. The molecule has 4 heteroatoms. The molecular weight excluding hydrogens is 314 g/mol. The van der Waals surface area contributed by atoms with Gasteiger partial charge in [-0.25, -0.2) is 0 Å². The third-order valence-electron chi connectivity index (χ3n) is 2.70. The number of rotatable bonds is 8. The molecule has 2 nitrogen and oxygen atoms in total. The van der Waals surface area contributed by atoms with E-state index in [0.29, 0.717) is 11.6 Å². The zero-order valence-corrected chi connectivity index (χ0v) is 13.5. The van der Waals surface area contributed by atoms with E-state index in [1.165, 1.54) is 19.4 Å². The fourth-order valence-electron chi connectivity index (χ4n) is 1.72. The molecule has 0 aliphatic carbocycles. The van der Waals surface area contributed by atoms with E-state index in [1.807, 2.05) is 19.1 Å². The summed E-state index contributed by atoms with van der Waals surface area (Å²) in [5.41, 5.74) is 1.13. The molecule has 2 N–H and O–H groups in total. The minimum atomic E-state index is 0.678. The highest BCUT2D eigenvalue weighted by molar-refractivity contribution is 9.10. The first-order valence-corrected chi connectivity index (χ1v) is 7.72. The number of ether oxygens (including phenoxy) is 1. The smallest absolute Gasteiger partial charge is 0.152 e. The maximum absolute atomic E-state index is 6.15. The Morgan fingerprint density at radius 1 is 1.28 bits per heavy atom. The van der Waals surface area contributed by atoms with Gasteiger partial charge in [-0.15, -0.1) is 0 Å². The summed E-state index contributed by atoms with van der Waals surface area (Å²) in [7, 11) is 0. The molecule has 1 aromatic rings. The van der Waals surface area contributed by atoms with Crippen LogP contribution in [-0.4, -0.2) is 19.7 Å². The lowest BCUT2D eigenvalue weighted by Gasteiger charge is -2.10. The number of quaternary nitrogens is 1. The van der Waals surface area contributed by atoms with E-state index in [2.05, 4.69) is 28.2 Å². The summed E-state index contributed by atoms with van der Waals surface area (Å²) in [6, 6.07) is 3.95. The SMILES string of the molecule is CCCC[NH2+]CCCOc1c(Cl)cc(C)cc1Br. The predicted octanol–water partition coefficient (Wildman–Crippen LogP) is 3.54. The third kappa shape index (κ3) is 5.59. The van der Waals surface area contributed by atoms with Crippen LogP contribution in [0, 0.1) is 6.92 Å². The summed E-state index contributed by atoms with van der Waals surface area (Å²) in [5.74, 6) is 0.760. The molecular formula is C14H22BrClNO+. The molecule has 1 aromatic carbocycles.